The van der Waals surface area contributed by atoms with Crippen LogP contribution in [0.3, 0.4) is 0 Å². The first-order chi connectivity index (χ1) is 27.8. The van der Waals surface area contributed by atoms with Gasteiger partial charge in [0.2, 0.25) is 0 Å². The fraction of sp³-hybridized carbons (Fsp3) is 0. The molecular formula is C51H32N4O. The van der Waals surface area contributed by atoms with Gasteiger partial charge in [0.15, 0.2) is 17.5 Å². The minimum Gasteiger partial charge on any atom is -0.455 e. The molecule has 0 aliphatic carbocycles. The number of hydrogen-bond donors (Lipinski definition) is 0. The summed E-state index contributed by atoms with van der Waals surface area (Å²) in [5.74, 6) is 1.83. The molecule has 0 fully saturated rings. The van der Waals surface area contributed by atoms with Crippen LogP contribution in [-0.4, -0.2) is 19.5 Å². The summed E-state index contributed by atoms with van der Waals surface area (Å²) in [6.07, 6.45) is 0. The van der Waals surface area contributed by atoms with E-state index < -0.39 is 0 Å². The molecule has 3 aromatic heterocycles. The van der Waals surface area contributed by atoms with Crippen LogP contribution >= 0.6 is 0 Å². The number of para-hydroxylation sites is 2. The normalized spacial score (nSPS) is 11.6. The molecule has 8 aromatic carbocycles. The number of fused-ring (bicyclic) bond motifs is 7. The quantitative estimate of drug-likeness (QED) is 0.172. The van der Waals surface area contributed by atoms with Crippen LogP contribution in [0.1, 0.15) is 0 Å². The molecule has 262 valence electrons. The second-order valence-electron chi connectivity index (χ2n) is 14.0. The van der Waals surface area contributed by atoms with Crippen molar-refractivity contribution in [2.24, 2.45) is 0 Å². The number of hydrogen-bond acceptors (Lipinski definition) is 4. The van der Waals surface area contributed by atoms with Gasteiger partial charge in [-0.1, -0.05) is 158 Å². The van der Waals surface area contributed by atoms with E-state index in [1.54, 1.807) is 0 Å². The molecule has 11 aromatic rings. The van der Waals surface area contributed by atoms with E-state index in [0.717, 1.165) is 88.4 Å². The fourth-order valence-electron chi connectivity index (χ4n) is 8.10. The topological polar surface area (TPSA) is 56.7 Å². The molecule has 11 rings (SSSR count). The van der Waals surface area contributed by atoms with Crippen molar-refractivity contribution in [3.05, 3.63) is 194 Å². The number of rotatable bonds is 6. The molecule has 0 saturated carbocycles. The number of aromatic nitrogens is 4. The molecule has 5 nitrogen and oxygen atoms in total. The molecular weight excluding hydrogens is 685 g/mol. The summed E-state index contributed by atoms with van der Waals surface area (Å²) in [5, 5.41) is 4.40. The zero-order valence-electron chi connectivity index (χ0n) is 30.2. The van der Waals surface area contributed by atoms with Crippen LogP contribution in [0.2, 0.25) is 0 Å². The van der Waals surface area contributed by atoms with Gasteiger partial charge < -0.3 is 8.98 Å². The maximum atomic E-state index is 6.82. The van der Waals surface area contributed by atoms with E-state index in [9.17, 15) is 0 Å². The summed E-state index contributed by atoms with van der Waals surface area (Å²) in [6.45, 7) is 0. The van der Waals surface area contributed by atoms with Gasteiger partial charge in [-0.2, -0.15) is 0 Å². The van der Waals surface area contributed by atoms with Crippen LogP contribution in [-0.2, 0) is 0 Å². The van der Waals surface area contributed by atoms with Crippen LogP contribution in [0.5, 0.6) is 0 Å². The maximum absolute atomic E-state index is 6.82. The number of furan rings is 1. The van der Waals surface area contributed by atoms with Crippen molar-refractivity contribution < 1.29 is 4.42 Å². The van der Waals surface area contributed by atoms with Crippen LogP contribution in [0, 0.1) is 0 Å². The Morgan fingerprint density at radius 2 is 0.893 bits per heavy atom. The zero-order chi connectivity index (χ0) is 37.0. The smallest absolute Gasteiger partial charge is 0.166 e. The Kier molecular flexibility index (Phi) is 7.42. The van der Waals surface area contributed by atoms with Crippen molar-refractivity contribution in [1.82, 2.24) is 19.5 Å². The van der Waals surface area contributed by atoms with Crippen molar-refractivity contribution in [2.75, 3.05) is 0 Å². The van der Waals surface area contributed by atoms with E-state index in [0.29, 0.717) is 17.5 Å². The van der Waals surface area contributed by atoms with Crippen LogP contribution < -0.4 is 0 Å². The van der Waals surface area contributed by atoms with Crippen molar-refractivity contribution in [2.45, 2.75) is 0 Å². The zero-order valence-corrected chi connectivity index (χ0v) is 30.2. The summed E-state index contributed by atoms with van der Waals surface area (Å²) in [6, 6.07) is 67.2. The molecule has 56 heavy (non-hydrogen) atoms. The summed E-state index contributed by atoms with van der Waals surface area (Å²) in [7, 11) is 0. The van der Waals surface area contributed by atoms with E-state index in [4.69, 9.17) is 19.4 Å². The lowest BCUT2D eigenvalue weighted by molar-refractivity contribution is 0.673. The molecule has 0 amide bonds. The van der Waals surface area contributed by atoms with Gasteiger partial charge in [-0.25, -0.2) is 15.0 Å². The van der Waals surface area contributed by atoms with E-state index in [-0.39, 0.29) is 0 Å². The molecule has 3 heterocycles. The highest BCUT2D eigenvalue weighted by Crippen LogP contribution is 2.44. The second-order valence-corrected chi connectivity index (χ2v) is 14.0. The maximum Gasteiger partial charge on any atom is 0.166 e. The SMILES string of the molecule is c1ccc(-c2ccc(-c3nc(-c4ccccc4)nc(-c4ccccc4-n4c5ccccc5c5c6oc7cccc(-c8ccccc8)c7c6ccc54)n3)cc2)cc1. The second kappa shape index (κ2) is 13.0. The summed E-state index contributed by atoms with van der Waals surface area (Å²) < 4.78 is 9.14. The van der Waals surface area contributed by atoms with Gasteiger partial charge in [-0.05, 0) is 58.7 Å². The lowest BCUT2D eigenvalue weighted by atomic mass is 9.99. The lowest BCUT2D eigenvalue weighted by Crippen LogP contribution is -2.03. The largest absolute Gasteiger partial charge is 0.455 e. The fourth-order valence-corrected chi connectivity index (χ4v) is 8.10. The van der Waals surface area contributed by atoms with Crippen LogP contribution in [0.4, 0.5) is 0 Å². The van der Waals surface area contributed by atoms with E-state index >= 15 is 0 Å². The van der Waals surface area contributed by atoms with Gasteiger partial charge in [-0.15, -0.1) is 0 Å². The molecule has 0 radical (unpaired) electrons. The van der Waals surface area contributed by atoms with Crippen molar-refractivity contribution >= 4 is 43.7 Å². The average molecular weight is 717 g/mol. The highest BCUT2D eigenvalue weighted by molar-refractivity contribution is 6.25. The van der Waals surface area contributed by atoms with Crippen molar-refractivity contribution in [3.8, 4) is 62.1 Å². The molecule has 0 saturated heterocycles. The van der Waals surface area contributed by atoms with Gasteiger partial charge in [0.05, 0.1) is 22.1 Å². The minimum atomic E-state index is 0.597. The first kappa shape index (κ1) is 31.9. The molecule has 0 N–H and O–H groups in total. The van der Waals surface area contributed by atoms with Crippen molar-refractivity contribution in [1.29, 1.82) is 0 Å². The Morgan fingerprint density at radius 1 is 0.339 bits per heavy atom. The minimum absolute atomic E-state index is 0.597. The molecule has 0 bridgehead atoms. The third kappa shape index (κ3) is 5.21. The molecule has 5 heteroatoms. The number of benzene rings is 8. The molecule has 0 spiro atoms. The standard InChI is InChI=1S/C51H32N4O/c1-4-15-33(16-5-1)34-27-29-37(30-28-34)50-52-49(36-19-8-3-9-20-36)53-51(54-50)40-22-11-13-25-43(40)55-42-24-12-10-21-39(42)47-44(55)32-31-41-46-38(35-17-6-2-7-18-35)23-14-26-45(46)56-48(41)47/h1-32H. The average Bonchev–Trinajstić information content (AvgIpc) is 3.83. The van der Waals surface area contributed by atoms with Gasteiger partial charge in [0.25, 0.3) is 0 Å². The van der Waals surface area contributed by atoms with E-state index in [1.807, 2.05) is 36.4 Å². The molecule has 0 aliphatic rings. The molecule has 0 atom stereocenters. The third-order valence-electron chi connectivity index (χ3n) is 10.7. The summed E-state index contributed by atoms with van der Waals surface area (Å²) in [4.78, 5) is 15.4. The Morgan fingerprint density at radius 3 is 1.64 bits per heavy atom. The van der Waals surface area contributed by atoms with Gasteiger partial charge >= 0.3 is 0 Å². The van der Waals surface area contributed by atoms with Crippen molar-refractivity contribution in [3.63, 3.8) is 0 Å². The molecule has 0 unspecified atom stereocenters. The van der Waals surface area contributed by atoms with Gasteiger partial charge in [0, 0.05) is 32.8 Å². The predicted molar refractivity (Wildman–Crippen MR) is 229 cm³/mol. The number of nitrogens with zero attached hydrogens (tertiary/aromatic N) is 4. The Balaban J connectivity index is 1.13. The highest BCUT2D eigenvalue weighted by atomic mass is 16.3. The Labute approximate surface area is 322 Å². The Bertz CT molecular complexity index is 3220. The highest BCUT2D eigenvalue weighted by Gasteiger charge is 2.23. The summed E-state index contributed by atoms with van der Waals surface area (Å²) >= 11 is 0. The van der Waals surface area contributed by atoms with E-state index in [1.165, 1.54) is 0 Å². The first-order valence-corrected chi connectivity index (χ1v) is 18.8. The van der Waals surface area contributed by atoms with Gasteiger partial charge in [-0.3, -0.25) is 0 Å². The lowest BCUT2D eigenvalue weighted by Gasteiger charge is -2.14. The van der Waals surface area contributed by atoms with Crippen LogP contribution in [0.15, 0.2) is 199 Å². The predicted octanol–water partition coefficient (Wildman–Crippen LogP) is 13.2. The van der Waals surface area contributed by atoms with Crippen LogP contribution in [0.25, 0.3) is 106 Å². The monoisotopic (exact) mass is 716 g/mol. The molecule has 0 aliphatic heterocycles. The third-order valence-corrected chi connectivity index (χ3v) is 10.7. The first-order valence-electron chi connectivity index (χ1n) is 18.8. The summed E-state index contributed by atoms with van der Waals surface area (Å²) in [5.41, 5.74) is 12.2. The van der Waals surface area contributed by atoms with E-state index in [2.05, 4.69) is 162 Å². The van der Waals surface area contributed by atoms with Gasteiger partial charge in [0.1, 0.15) is 11.2 Å². The Hall–Kier alpha value is -7.63.